The molecule has 2 aromatic heterocycles. The fourth-order valence-corrected chi connectivity index (χ4v) is 4.44. The van der Waals surface area contributed by atoms with Gasteiger partial charge in [-0.25, -0.2) is 4.98 Å². The minimum Gasteiger partial charge on any atom is -0.503 e. The van der Waals surface area contributed by atoms with E-state index >= 15 is 0 Å². The summed E-state index contributed by atoms with van der Waals surface area (Å²) in [5, 5.41) is 10.9. The van der Waals surface area contributed by atoms with E-state index in [1.54, 1.807) is 43.3 Å². The standard InChI is InChI=1S/C23H18N2O5S/c1-13-21(14(2)26)31-23(24-13)25-19(15-7-4-3-5-8-15)18(20(28)22(25)29)17(27)11-10-16-9-6-12-30-16/h3-12,19,28H,1-2H3/b11-10+/t19-/m1/s1. The van der Waals surface area contributed by atoms with Crippen LogP contribution in [-0.2, 0) is 9.59 Å². The Hall–Kier alpha value is -3.78. The minimum absolute atomic E-state index is 0.0590. The topological polar surface area (TPSA) is 101 Å². The number of ketones is 2. The van der Waals surface area contributed by atoms with Crippen molar-refractivity contribution in [3.8, 4) is 0 Å². The van der Waals surface area contributed by atoms with Gasteiger partial charge in [0.05, 0.1) is 28.4 Å². The second-order valence-corrected chi connectivity index (χ2v) is 7.91. The summed E-state index contributed by atoms with van der Waals surface area (Å²) < 4.78 is 5.20. The molecule has 1 amide bonds. The molecule has 0 fully saturated rings. The number of aliphatic hydroxyl groups is 1. The Morgan fingerprint density at radius 1 is 1.19 bits per heavy atom. The van der Waals surface area contributed by atoms with Crippen molar-refractivity contribution in [1.29, 1.82) is 0 Å². The molecule has 0 bridgehead atoms. The van der Waals surface area contributed by atoms with Gasteiger partial charge in [-0.2, -0.15) is 0 Å². The van der Waals surface area contributed by atoms with Crippen LogP contribution in [0.25, 0.3) is 6.08 Å². The van der Waals surface area contributed by atoms with Crippen molar-refractivity contribution < 1.29 is 23.9 Å². The molecule has 1 aliphatic rings. The number of carbonyl (C=O) groups is 3. The maximum atomic E-state index is 13.0. The molecule has 31 heavy (non-hydrogen) atoms. The van der Waals surface area contributed by atoms with E-state index in [1.165, 1.54) is 30.2 Å². The fraction of sp³-hybridized carbons (Fsp3) is 0.130. The van der Waals surface area contributed by atoms with E-state index in [4.69, 9.17) is 4.42 Å². The molecule has 1 atom stereocenters. The monoisotopic (exact) mass is 434 g/mol. The molecule has 3 aromatic rings. The predicted molar refractivity (Wildman–Crippen MR) is 116 cm³/mol. The number of nitrogens with zero attached hydrogens (tertiary/aromatic N) is 2. The first-order valence-corrected chi connectivity index (χ1v) is 10.3. The van der Waals surface area contributed by atoms with Crippen LogP contribution in [0.2, 0.25) is 0 Å². The van der Waals surface area contributed by atoms with Crippen LogP contribution in [0.4, 0.5) is 5.13 Å². The Morgan fingerprint density at radius 2 is 1.94 bits per heavy atom. The summed E-state index contributed by atoms with van der Waals surface area (Å²) in [4.78, 5) is 44.0. The number of aryl methyl sites for hydroxylation is 1. The molecule has 8 heteroatoms. The minimum atomic E-state index is -0.882. The Kier molecular flexibility index (Phi) is 5.39. The highest BCUT2D eigenvalue weighted by Gasteiger charge is 2.45. The number of hydrogen-bond donors (Lipinski definition) is 1. The molecule has 0 radical (unpaired) electrons. The number of thiazole rings is 1. The summed E-state index contributed by atoms with van der Waals surface area (Å²) in [6, 6.07) is 11.4. The van der Waals surface area contributed by atoms with Crippen molar-refractivity contribution in [2.45, 2.75) is 19.9 Å². The number of aliphatic hydroxyl groups excluding tert-OH is 1. The van der Waals surface area contributed by atoms with Crippen LogP contribution in [0.15, 0.2) is 70.6 Å². The smallest absolute Gasteiger partial charge is 0.296 e. The number of carbonyl (C=O) groups excluding carboxylic acids is 3. The van der Waals surface area contributed by atoms with Crippen LogP contribution in [0.3, 0.4) is 0 Å². The Balaban J connectivity index is 1.80. The van der Waals surface area contributed by atoms with Gasteiger partial charge in [-0.15, -0.1) is 0 Å². The van der Waals surface area contributed by atoms with Crippen molar-refractivity contribution in [3.05, 3.63) is 88.0 Å². The molecular formula is C23H18N2O5S. The lowest BCUT2D eigenvalue weighted by Crippen LogP contribution is -2.30. The summed E-state index contributed by atoms with van der Waals surface area (Å²) in [6.07, 6.45) is 4.20. The lowest BCUT2D eigenvalue weighted by Gasteiger charge is -2.24. The molecule has 0 saturated carbocycles. The lowest BCUT2D eigenvalue weighted by atomic mass is 9.96. The predicted octanol–water partition coefficient (Wildman–Crippen LogP) is 4.43. The van der Waals surface area contributed by atoms with Crippen LogP contribution in [0.1, 0.15) is 39.7 Å². The molecule has 1 aromatic carbocycles. The number of anilines is 1. The summed E-state index contributed by atoms with van der Waals surface area (Å²) in [5.74, 6) is -1.61. The Labute approximate surface area is 182 Å². The normalized spacial score (nSPS) is 16.5. The lowest BCUT2D eigenvalue weighted by molar-refractivity contribution is -0.117. The van der Waals surface area contributed by atoms with Crippen LogP contribution in [-0.4, -0.2) is 27.6 Å². The van der Waals surface area contributed by atoms with E-state index in [0.717, 1.165) is 11.3 Å². The van der Waals surface area contributed by atoms with E-state index in [0.29, 0.717) is 21.9 Å². The largest absolute Gasteiger partial charge is 0.503 e. The number of Topliss-reactive ketones (excluding diaryl/α,β-unsaturated/α-hetero) is 1. The number of aromatic nitrogens is 1. The molecule has 0 aliphatic carbocycles. The Morgan fingerprint density at radius 3 is 2.55 bits per heavy atom. The summed E-state index contributed by atoms with van der Waals surface area (Å²) >= 11 is 1.06. The summed E-state index contributed by atoms with van der Waals surface area (Å²) in [5.41, 5.74) is 1.06. The molecule has 1 aliphatic heterocycles. The van der Waals surface area contributed by atoms with Gasteiger partial charge >= 0.3 is 0 Å². The first-order chi connectivity index (χ1) is 14.9. The van der Waals surface area contributed by atoms with Crippen molar-refractivity contribution in [2.75, 3.05) is 4.90 Å². The van der Waals surface area contributed by atoms with Gasteiger partial charge in [0.15, 0.2) is 22.5 Å². The third-order valence-corrected chi connectivity index (χ3v) is 6.10. The zero-order valence-electron chi connectivity index (χ0n) is 16.7. The van der Waals surface area contributed by atoms with Gasteiger partial charge in [0.25, 0.3) is 5.91 Å². The van der Waals surface area contributed by atoms with E-state index in [-0.39, 0.29) is 16.5 Å². The third kappa shape index (κ3) is 3.73. The van der Waals surface area contributed by atoms with Gasteiger partial charge in [-0.05, 0) is 36.8 Å². The van der Waals surface area contributed by atoms with Gasteiger partial charge < -0.3 is 9.52 Å². The van der Waals surface area contributed by atoms with Crippen molar-refractivity contribution >= 4 is 40.0 Å². The second-order valence-electron chi connectivity index (χ2n) is 6.93. The molecule has 3 heterocycles. The van der Waals surface area contributed by atoms with Crippen LogP contribution >= 0.6 is 11.3 Å². The number of hydrogen-bond acceptors (Lipinski definition) is 7. The van der Waals surface area contributed by atoms with Gasteiger partial charge in [-0.1, -0.05) is 41.7 Å². The first-order valence-electron chi connectivity index (χ1n) is 9.44. The van der Waals surface area contributed by atoms with Crippen molar-refractivity contribution in [1.82, 2.24) is 4.98 Å². The van der Waals surface area contributed by atoms with E-state index in [9.17, 15) is 19.5 Å². The molecule has 156 valence electrons. The zero-order valence-corrected chi connectivity index (χ0v) is 17.6. The van der Waals surface area contributed by atoms with Crippen molar-refractivity contribution in [2.24, 2.45) is 0 Å². The molecule has 1 N–H and O–H groups in total. The van der Waals surface area contributed by atoms with Gasteiger partial charge in [0, 0.05) is 6.92 Å². The molecule has 7 nitrogen and oxygen atoms in total. The maximum absolute atomic E-state index is 13.0. The Bertz CT molecular complexity index is 1220. The van der Waals surface area contributed by atoms with Gasteiger partial charge in [-0.3, -0.25) is 19.3 Å². The zero-order chi connectivity index (χ0) is 22.1. The highest BCUT2D eigenvalue weighted by molar-refractivity contribution is 7.17. The highest BCUT2D eigenvalue weighted by Crippen LogP contribution is 2.43. The van der Waals surface area contributed by atoms with Crippen LogP contribution < -0.4 is 4.90 Å². The number of amides is 1. The van der Waals surface area contributed by atoms with Crippen LogP contribution in [0, 0.1) is 6.92 Å². The summed E-state index contributed by atoms with van der Waals surface area (Å²) in [7, 11) is 0. The van der Waals surface area contributed by atoms with Gasteiger partial charge in [0.2, 0.25) is 0 Å². The molecular weight excluding hydrogens is 416 g/mol. The quantitative estimate of drug-likeness (QED) is 0.455. The van der Waals surface area contributed by atoms with Crippen LogP contribution in [0.5, 0.6) is 0 Å². The maximum Gasteiger partial charge on any atom is 0.296 e. The number of benzene rings is 1. The fourth-order valence-electron chi connectivity index (χ4n) is 3.45. The number of allylic oxidation sites excluding steroid dienone is 1. The molecule has 0 spiro atoms. The average molecular weight is 434 g/mol. The molecule has 0 saturated heterocycles. The van der Waals surface area contributed by atoms with E-state index in [1.807, 2.05) is 6.07 Å². The highest BCUT2D eigenvalue weighted by atomic mass is 32.1. The number of furan rings is 1. The van der Waals surface area contributed by atoms with E-state index in [2.05, 4.69) is 4.98 Å². The van der Waals surface area contributed by atoms with E-state index < -0.39 is 23.5 Å². The molecule has 0 unspecified atom stereocenters. The van der Waals surface area contributed by atoms with Crippen molar-refractivity contribution in [3.63, 3.8) is 0 Å². The summed E-state index contributed by atoms with van der Waals surface area (Å²) in [6.45, 7) is 3.11. The second kappa shape index (κ2) is 8.16. The first kappa shape index (κ1) is 20.5. The van der Waals surface area contributed by atoms with Gasteiger partial charge in [0.1, 0.15) is 5.76 Å². The SMILES string of the molecule is CC(=O)c1sc(N2C(=O)C(O)=C(C(=O)/C=C/c3ccco3)[C@H]2c2ccccc2)nc1C. The number of rotatable bonds is 6. The molecule has 4 rings (SSSR count). The average Bonchev–Trinajstić information content (AvgIpc) is 3.46. The third-order valence-electron chi connectivity index (χ3n) is 4.84.